The Kier molecular flexibility index (Phi) is 9.14. The average molecular weight is 512 g/mol. The highest BCUT2D eigenvalue weighted by atomic mass is 32.2. The van der Waals surface area contributed by atoms with E-state index in [1.165, 1.54) is 12.1 Å². The van der Waals surface area contributed by atoms with Gasteiger partial charge in [-0.25, -0.2) is 13.6 Å². The van der Waals surface area contributed by atoms with Gasteiger partial charge in [0.15, 0.2) is 6.61 Å². The van der Waals surface area contributed by atoms with Crippen molar-refractivity contribution >= 4 is 27.8 Å². The van der Waals surface area contributed by atoms with Gasteiger partial charge in [-0.1, -0.05) is 30.3 Å². The number of esters is 1. The first-order chi connectivity index (χ1) is 17.2. The van der Waals surface area contributed by atoms with Crippen molar-refractivity contribution in [3.8, 4) is 11.5 Å². The molecular formula is C25H25N3O7S. The van der Waals surface area contributed by atoms with Crippen LogP contribution in [0.25, 0.3) is 0 Å². The molecule has 11 heteroatoms. The van der Waals surface area contributed by atoms with Gasteiger partial charge in [0.05, 0.1) is 4.90 Å². The molecule has 2 amide bonds. The number of para-hydroxylation sites is 1. The highest BCUT2D eigenvalue weighted by Gasteiger charge is 2.12. The van der Waals surface area contributed by atoms with E-state index in [2.05, 4.69) is 10.6 Å². The van der Waals surface area contributed by atoms with Crippen LogP contribution in [0.5, 0.6) is 11.5 Å². The third-order valence-corrected chi connectivity index (χ3v) is 5.77. The zero-order valence-electron chi connectivity index (χ0n) is 19.2. The number of nitrogens with two attached hydrogens (primary N) is 1. The number of carbonyl (C=O) groups excluding carboxylic acids is 3. The van der Waals surface area contributed by atoms with Gasteiger partial charge in [-0.3, -0.25) is 14.4 Å². The first kappa shape index (κ1) is 26.4. The number of amides is 2. The Morgan fingerprint density at radius 3 is 2.08 bits per heavy atom. The van der Waals surface area contributed by atoms with Gasteiger partial charge in [0, 0.05) is 12.1 Å². The number of hydrogen-bond donors (Lipinski definition) is 3. The SMILES string of the molecule is NS(=O)(=O)c1ccc(CCNC(=O)COC(=O)CNC(=O)c2ccc(Oc3ccccc3)cc2)cc1. The predicted octanol–water partition coefficient (Wildman–Crippen LogP) is 1.76. The summed E-state index contributed by atoms with van der Waals surface area (Å²) in [6, 6.07) is 21.6. The summed E-state index contributed by atoms with van der Waals surface area (Å²) in [5.41, 5.74) is 1.13. The molecular weight excluding hydrogens is 486 g/mol. The van der Waals surface area contributed by atoms with E-state index in [1.807, 2.05) is 30.3 Å². The molecule has 0 spiro atoms. The molecule has 0 radical (unpaired) electrons. The molecule has 0 aromatic heterocycles. The van der Waals surface area contributed by atoms with Gasteiger partial charge in [-0.05, 0) is 60.5 Å². The maximum atomic E-state index is 12.2. The molecule has 3 rings (SSSR count). The molecule has 0 saturated carbocycles. The molecule has 0 aliphatic carbocycles. The minimum atomic E-state index is -3.76. The molecule has 3 aromatic carbocycles. The molecule has 0 aliphatic rings. The van der Waals surface area contributed by atoms with E-state index in [-0.39, 0.29) is 11.4 Å². The van der Waals surface area contributed by atoms with Gasteiger partial charge in [-0.15, -0.1) is 0 Å². The number of sulfonamides is 1. The van der Waals surface area contributed by atoms with Crippen LogP contribution in [0.4, 0.5) is 0 Å². The second kappa shape index (κ2) is 12.5. The van der Waals surface area contributed by atoms with Crippen molar-refractivity contribution in [1.82, 2.24) is 10.6 Å². The molecule has 36 heavy (non-hydrogen) atoms. The molecule has 3 aromatic rings. The number of hydrogen-bond acceptors (Lipinski definition) is 7. The lowest BCUT2D eigenvalue weighted by Crippen LogP contribution is -2.34. The van der Waals surface area contributed by atoms with Gasteiger partial charge in [0.2, 0.25) is 10.0 Å². The largest absolute Gasteiger partial charge is 0.457 e. The quantitative estimate of drug-likeness (QED) is 0.332. The van der Waals surface area contributed by atoms with Gasteiger partial charge < -0.3 is 20.1 Å². The first-order valence-electron chi connectivity index (χ1n) is 10.9. The molecule has 4 N–H and O–H groups in total. The van der Waals surface area contributed by atoms with Gasteiger partial charge in [-0.2, -0.15) is 0 Å². The van der Waals surface area contributed by atoms with Crippen molar-refractivity contribution < 1.29 is 32.3 Å². The van der Waals surface area contributed by atoms with Crippen LogP contribution in [0.15, 0.2) is 83.8 Å². The summed E-state index contributed by atoms with van der Waals surface area (Å²) in [6.07, 6.45) is 0.440. The Morgan fingerprint density at radius 2 is 1.44 bits per heavy atom. The summed E-state index contributed by atoms with van der Waals surface area (Å²) < 4.78 is 33.0. The lowest BCUT2D eigenvalue weighted by molar-refractivity contribution is -0.147. The van der Waals surface area contributed by atoms with E-state index < -0.39 is 41.0 Å². The second-order valence-corrected chi connectivity index (χ2v) is 9.13. The predicted molar refractivity (Wildman–Crippen MR) is 131 cm³/mol. The molecule has 0 atom stereocenters. The summed E-state index contributed by atoms with van der Waals surface area (Å²) in [5.74, 6) is -0.522. The maximum Gasteiger partial charge on any atom is 0.325 e. The first-order valence-corrected chi connectivity index (χ1v) is 12.4. The standard InChI is InChI=1S/C25H25N3O7S/c26-36(32,33)22-12-6-18(7-13-22)14-15-27-23(29)17-34-24(30)16-28-25(31)19-8-10-21(11-9-19)35-20-4-2-1-3-5-20/h1-13H,14-17H2,(H,27,29)(H,28,31)(H2,26,32,33). The normalized spacial score (nSPS) is 10.8. The zero-order chi connectivity index (χ0) is 26.0. The van der Waals surface area contributed by atoms with Gasteiger partial charge in [0.25, 0.3) is 11.8 Å². The number of carbonyl (C=O) groups is 3. The Bertz CT molecular complexity index is 1290. The third-order valence-electron chi connectivity index (χ3n) is 4.84. The third kappa shape index (κ3) is 8.53. The van der Waals surface area contributed by atoms with E-state index in [1.54, 1.807) is 36.4 Å². The topological polar surface area (TPSA) is 154 Å². The minimum Gasteiger partial charge on any atom is -0.457 e. The Morgan fingerprint density at radius 1 is 0.806 bits per heavy atom. The van der Waals surface area contributed by atoms with Crippen molar-refractivity contribution in [2.45, 2.75) is 11.3 Å². The van der Waals surface area contributed by atoms with Crippen LogP contribution < -0.4 is 20.5 Å². The van der Waals surface area contributed by atoms with E-state index in [4.69, 9.17) is 14.6 Å². The summed E-state index contributed by atoms with van der Waals surface area (Å²) in [4.78, 5) is 35.9. The molecule has 10 nitrogen and oxygen atoms in total. The van der Waals surface area contributed by atoms with Crippen LogP contribution in [0, 0.1) is 0 Å². The highest BCUT2D eigenvalue weighted by Crippen LogP contribution is 2.21. The van der Waals surface area contributed by atoms with Crippen LogP contribution in [-0.2, 0) is 30.8 Å². The Hall–Kier alpha value is -4.22. The molecule has 0 unspecified atom stereocenters. The van der Waals surface area contributed by atoms with Crippen LogP contribution >= 0.6 is 0 Å². The average Bonchev–Trinajstić information content (AvgIpc) is 2.87. The Balaban J connectivity index is 1.33. The number of ether oxygens (including phenoxy) is 2. The monoisotopic (exact) mass is 511 g/mol. The van der Waals surface area contributed by atoms with E-state index in [9.17, 15) is 22.8 Å². The molecule has 188 valence electrons. The van der Waals surface area contributed by atoms with E-state index in [0.29, 0.717) is 23.5 Å². The highest BCUT2D eigenvalue weighted by molar-refractivity contribution is 7.89. The molecule has 0 aliphatic heterocycles. The number of rotatable bonds is 11. The summed E-state index contributed by atoms with van der Waals surface area (Å²) in [5, 5.41) is 10.1. The van der Waals surface area contributed by atoms with Crippen molar-refractivity contribution in [1.29, 1.82) is 0 Å². The van der Waals surface area contributed by atoms with Crippen LogP contribution in [0.3, 0.4) is 0 Å². The van der Waals surface area contributed by atoms with Crippen molar-refractivity contribution in [3.63, 3.8) is 0 Å². The smallest absolute Gasteiger partial charge is 0.325 e. The van der Waals surface area contributed by atoms with E-state index >= 15 is 0 Å². The Labute approximate surface area is 208 Å². The fraction of sp³-hybridized carbons (Fsp3) is 0.160. The molecule has 0 bridgehead atoms. The summed E-state index contributed by atoms with van der Waals surface area (Å²) in [6.45, 7) is -0.638. The maximum absolute atomic E-state index is 12.2. The van der Waals surface area contributed by atoms with Crippen molar-refractivity contribution in [2.24, 2.45) is 5.14 Å². The number of benzene rings is 3. The van der Waals surface area contributed by atoms with Gasteiger partial charge >= 0.3 is 5.97 Å². The fourth-order valence-electron chi connectivity index (χ4n) is 2.99. The zero-order valence-corrected chi connectivity index (χ0v) is 20.0. The van der Waals surface area contributed by atoms with E-state index in [0.717, 1.165) is 5.56 Å². The van der Waals surface area contributed by atoms with Crippen LogP contribution in [-0.4, -0.2) is 45.9 Å². The molecule has 0 heterocycles. The second-order valence-electron chi connectivity index (χ2n) is 7.57. The lowest BCUT2D eigenvalue weighted by Gasteiger charge is -2.09. The molecule has 0 fully saturated rings. The molecule has 0 saturated heterocycles. The summed E-state index contributed by atoms with van der Waals surface area (Å²) >= 11 is 0. The van der Waals surface area contributed by atoms with Crippen molar-refractivity contribution in [3.05, 3.63) is 90.0 Å². The van der Waals surface area contributed by atoms with Crippen LogP contribution in [0.1, 0.15) is 15.9 Å². The minimum absolute atomic E-state index is 0.00313. The number of nitrogens with one attached hydrogen (secondary N) is 2. The lowest BCUT2D eigenvalue weighted by atomic mass is 10.1. The van der Waals surface area contributed by atoms with Crippen molar-refractivity contribution in [2.75, 3.05) is 19.7 Å². The fourth-order valence-corrected chi connectivity index (χ4v) is 3.51. The number of primary sulfonamides is 1. The van der Waals surface area contributed by atoms with Crippen LogP contribution in [0.2, 0.25) is 0 Å². The van der Waals surface area contributed by atoms with Gasteiger partial charge in [0.1, 0.15) is 18.0 Å². The summed E-state index contributed by atoms with van der Waals surface area (Å²) in [7, 11) is -3.76.